The molecule has 0 heteroatoms. The molecule has 0 spiro atoms. The molecule has 0 N–H and O–H groups in total. The molecule has 0 rings (SSSR count). The van der Waals surface area contributed by atoms with Gasteiger partial charge < -0.3 is 0 Å². The SMILES string of the molecule is CCCCC=CCC(C)(C)C. The Hall–Kier alpha value is -0.260. The van der Waals surface area contributed by atoms with E-state index in [0.29, 0.717) is 5.41 Å². The molecule has 0 radical (unpaired) electrons. The molecule has 0 nitrogen and oxygen atoms in total. The summed E-state index contributed by atoms with van der Waals surface area (Å²) in [4.78, 5) is 0. The van der Waals surface area contributed by atoms with Gasteiger partial charge in [0.05, 0.1) is 0 Å². The third-order valence-corrected chi connectivity index (χ3v) is 1.62. The van der Waals surface area contributed by atoms with E-state index in [0.717, 1.165) is 0 Å². The van der Waals surface area contributed by atoms with Crippen molar-refractivity contribution in [1.29, 1.82) is 0 Å². The molecule has 66 valence electrons. The van der Waals surface area contributed by atoms with Gasteiger partial charge in [-0.1, -0.05) is 52.7 Å². The average molecular weight is 154 g/mol. The van der Waals surface area contributed by atoms with E-state index in [2.05, 4.69) is 39.8 Å². The number of hydrogen-bond acceptors (Lipinski definition) is 0. The van der Waals surface area contributed by atoms with Crippen LogP contribution in [0.2, 0.25) is 0 Å². The lowest BCUT2D eigenvalue weighted by molar-refractivity contribution is 0.420. The fraction of sp³-hybridized carbons (Fsp3) is 0.818. The van der Waals surface area contributed by atoms with E-state index in [1.54, 1.807) is 0 Å². The first kappa shape index (κ1) is 10.7. The van der Waals surface area contributed by atoms with Crippen LogP contribution in [0.3, 0.4) is 0 Å². The van der Waals surface area contributed by atoms with Crippen molar-refractivity contribution < 1.29 is 0 Å². The van der Waals surface area contributed by atoms with Crippen molar-refractivity contribution in [1.82, 2.24) is 0 Å². The summed E-state index contributed by atoms with van der Waals surface area (Å²) in [5.41, 5.74) is 0.461. The molecule has 0 aliphatic rings. The zero-order valence-corrected chi connectivity index (χ0v) is 8.48. The van der Waals surface area contributed by atoms with E-state index >= 15 is 0 Å². The number of unbranched alkanes of at least 4 members (excludes halogenated alkanes) is 2. The van der Waals surface area contributed by atoms with Gasteiger partial charge in [-0.2, -0.15) is 0 Å². The highest BCUT2D eigenvalue weighted by atomic mass is 14.1. The van der Waals surface area contributed by atoms with Crippen molar-refractivity contribution >= 4 is 0 Å². The molecule has 0 amide bonds. The second-order valence-corrected chi connectivity index (χ2v) is 4.38. The number of hydrogen-bond donors (Lipinski definition) is 0. The molecule has 11 heavy (non-hydrogen) atoms. The van der Waals surface area contributed by atoms with Gasteiger partial charge in [0.2, 0.25) is 0 Å². The fourth-order valence-corrected chi connectivity index (χ4v) is 0.877. The van der Waals surface area contributed by atoms with Crippen LogP contribution in [0.4, 0.5) is 0 Å². The Morgan fingerprint density at radius 3 is 2.18 bits per heavy atom. The smallest absolute Gasteiger partial charge is 0.0302 e. The summed E-state index contributed by atoms with van der Waals surface area (Å²) in [5, 5.41) is 0. The molecule has 0 aromatic rings. The molecular formula is C11H22. The summed E-state index contributed by atoms with van der Waals surface area (Å²) < 4.78 is 0. The molecule has 0 aliphatic carbocycles. The van der Waals surface area contributed by atoms with Crippen molar-refractivity contribution in [2.45, 2.75) is 53.4 Å². The van der Waals surface area contributed by atoms with Gasteiger partial charge in [-0.3, -0.25) is 0 Å². The van der Waals surface area contributed by atoms with E-state index in [4.69, 9.17) is 0 Å². The van der Waals surface area contributed by atoms with E-state index in [1.165, 1.54) is 25.7 Å². The molecule has 0 heterocycles. The Labute approximate surface area is 71.7 Å². The van der Waals surface area contributed by atoms with Crippen LogP contribution >= 0.6 is 0 Å². The predicted molar refractivity (Wildman–Crippen MR) is 52.7 cm³/mol. The fourth-order valence-electron chi connectivity index (χ4n) is 0.877. The molecule has 0 atom stereocenters. The Balaban J connectivity index is 3.30. The third kappa shape index (κ3) is 9.74. The average Bonchev–Trinajstić information content (AvgIpc) is 1.85. The Bertz CT molecular complexity index is 104. The highest BCUT2D eigenvalue weighted by molar-refractivity contribution is 4.85. The summed E-state index contributed by atoms with van der Waals surface area (Å²) in [6, 6.07) is 0. The summed E-state index contributed by atoms with van der Waals surface area (Å²) in [5.74, 6) is 0. The largest absolute Gasteiger partial charge is 0.0885 e. The monoisotopic (exact) mass is 154 g/mol. The van der Waals surface area contributed by atoms with Crippen LogP contribution in [-0.4, -0.2) is 0 Å². The molecule has 0 aromatic heterocycles. The van der Waals surface area contributed by atoms with Crippen LogP contribution in [0.15, 0.2) is 12.2 Å². The molecule has 0 saturated heterocycles. The van der Waals surface area contributed by atoms with Gasteiger partial charge >= 0.3 is 0 Å². The first-order valence-electron chi connectivity index (χ1n) is 4.71. The molecule has 0 fully saturated rings. The highest BCUT2D eigenvalue weighted by Gasteiger charge is 2.05. The highest BCUT2D eigenvalue weighted by Crippen LogP contribution is 2.18. The Kier molecular flexibility index (Phi) is 5.27. The minimum Gasteiger partial charge on any atom is -0.0885 e. The lowest BCUT2D eigenvalue weighted by atomic mass is 9.92. The van der Waals surface area contributed by atoms with Crippen molar-refractivity contribution in [2.75, 3.05) is 0 Å². The first-order valence-corrected chi connectivity index (χ1v) is 4.71. The quantitative estimate of drug-likeness (QED) is 0.421. The maximum absolute atomic E-state index is 2.32. The van der Waals surface area contributed by atoms with Gasteiger partial charge in [0.1, 0.15) is 0 Å². The molecule has 0 saturated carbocycles. The lowest BCUT2D eigenvalue weighted by Crippen LogP contribution is -2.01. The van der Waals surface area contributed by atoms with E-state index in [1.807, 2.05) is 0 Å². The molecule has 0 aromatic carbocycles. The molecule has 0 bridgehead atoms. The Morgan fingerprint density at radius 1 is 1.09 bits per heavy atom. The van der Waals surface area contributed by atoms with Crippen LogP contribution in [0.5, 0.6) is 0 Å². The van der Waals surface area contributed by atoms with Crippen molar-refractivity contribution in [3.63, 3.8) is 0 Å². The summed E-state index contributed by atoms with van der Waals surface area (Å²) in [7, 11) is 0. The Morgan fingerprint density at radius 2 is 1.73 bits per heavy atom. The van der Waals surface area contributed by atoms with E-state index < -0.39 is 0 Å². The minimum atomic E-state index is 0.461. The van der Waals surface area contributed by atoms with Gasteiger partial charge in [-0.05, 0) is 18.3 Å². The zero-order valence-electron chi connectivity index (χ0n) is 8.48. The first-order chi connectivity index (χ1) is 5.06. The number of rotatable bonds is 4. The normalized spacial score (nSPS) is 12.7. The van der Waals surface area contributed by atoms with Crippen LogP contribution in [0.1, 0.15) is 53.4 Å². The number of allylic oxidation sites excluding steroid dienone is 2. The summed E-state index contributed by atoms with van der Waals surface area (Å²) in [6.45, 7) is 9.06. The van der Waals surface area contributed by atoms with E-state index in [9.17, 15) is 0 Å². The minimum absolute atomic E-state index is 0.461. The van der Waals surface area contributed by atoms with Gasteiger partial charge in [-0.15, -0.1) is 0 Å². The standard InChI is InChI=1S/C11H22/c1-5-6-7-8-9-10-11(2,3)4/h8-9H,5-7,10H2,1-4H3. The van der Waals surface area contributed by atoms with Crippen LogP contribution < -0.4 is 0 Å². The second kappa shape index (κ2) is 5.40. The maximum Gasteiger partial charge on any atom is -0.0302 e. The molecule has 0 unspecified atom stereocenters. The maximum atomic E-state index is 2.32. The van der Waals surface area contributed by atoms with Crippen molar-refractivity contribution in [2.24, 2.45) is 5.41 Å². The molecule has 0 aliphatic heterocycles. The molecular weight excluding hydrogens is 132 g/mol. The van der Waals surface area contributed by atoms with Gasteiger partial charge in [0.25, 0.3) is 0 Å². The van der Waals surface area contributed by atoms with Crippen molar-refractivity contribution in [3.8, 4) is 0 Å². The van der Waals surface area contributed by atoms with E-state index in [-0.39, 0.29) is 0 Å². The lowest BCUT2D eigenvalue weighted by Gasteiger charge is -2.14. The topological polar surface area (TPSA) is 0 Å². The van der Waals surface area contributed by atoms with Gasteiger partial charge in [0.15, 0.2) is 0 Å². The third-order valence-electron chi connectivity index (χ3n) is 1.62. The zero-order chi connectivity index (χ0) is 8.74. The predicted octanol–water partition coefficient (Wildman–Crippen LogP) is 4.17. The van der Waals surface area contributed by atoms with Crippen LogP contribution in [-0.2, 0) is 0 Å². The van der Waals surface area contributed by atoms with Gasteiger partial charge in [-0.25, -0.2) is 0 Å². The van der Waals surface area contributed by atoms with Crippen LogP contribution in [0, 0.1) is 5.41 Å². The van der Waals surface area contributed by atoms with Crippen molar-refractivity contribution in [3.05, 3.63) is 12.2 Å². The summed E-state index contributed by atoms with van der Waals surface area (Å²) in [6.07, 6.45) is 9.73. The van der Waals surface area contributed by atoms with Crippen LogP contribution in [0.25, 0.3) is 0 Å². The summed E-state index contributed by atoms with van der Waals surface area (Å²) >= 11 is 0. The second-order valence-electron chi connectivity index (χ2n) is 4.38. The van der Waals surface area contributed by atoms with Gasteiger partial charge in [0, 0.05) is 0 Å².